The summed E-state index contributed by atoms with van der Waals surface area (Å²) in [6.45, 7) is 4.47. The van der Waals surface area contributed by atoms with Gasteiger partial charge >= 0.3 is 0 Å². The van der Waals surface area contributed by atoms with Gasteiger partial charge in [0.1, 0.15) is 17.3 Å². The van der Waals surface area contributed by atoms with Gasteiger partial charge in [-0.25, -0.2) is 4.98 Å². The van der Waals surface area contributed by atoms with E-state index in [-0.39, 0.29) is 0 Å². The van der Waals surface area contributed by atoms with Crippen LogP contribution >= 0.6 is 0 Å². The van der Waals surface area contributed by atoms with Crippen LogP contribution in [0.4, 0.5) is 11.5 Å². The van der Waals surface area contributed by atoms with Gasteiger partial charge in [0.05, 0.1) is 12.2 Å². The zero-order chi connectivity index (χ0) is 11.5. The van der Waals surface area contributed by atoms with Crippen LogP contribution in [-0.4, -0.2) is 4.98 Å². The Kier molecular flexibility index (Phi) is 2.81. The summed E-state index contributed by atoms with van der Waals surface area (Å²) in [6, 6.07) is 5.76. The molecular weight excluding hydrogens is 202 g/mol. The molecule has 0 aliphatic carbocycles. The van der Waals surface area contributed by atoms with Crippen LogP contribution in [0.15, 0.2) is 28.8 Å². The third-order valence-electron chi connectivity index (χ3n) is 2.43. The zero-order valence-corrected chi connectivity index (χ0v) is 9.45. The SMILES string of the molecule is Cc1ccc(CNc2nccc(C)c2N)o1. The summed E-state index contributed by atoms with van der Waals surface area (Å²) >= 11 is 0. The molecule has 16 heavy (non-hydrogen) atoms. The number of aryl methyl sites for hydroxylation is 2. The standard InChI is InChI=1S/C12H15N3O/c1-8-5-6-14-12(11(8)13)15-7-10-4-3-9(2)16-10/h3-6H,7,13H2,1-2H3,(H,14,15). The lowest BCUT2D eigenvalue weighted by Gasteiger charge is -2.08. The van der Waals surface area contributed by atoms with Crippen LogP contribution in [0.1, 0.15) is 17.1 Å². The molecule has 2 aromatic heterocycles. The first kappa shape index (κ1) is 10.5. The highest BCUT2D eigenvalue weighted by Crippen LogP contribution is 2.19. The maximum absolute atomic E-state index is 5.90. The lowest BCUT2D eigenvalue weighted by Crippen LogP contribution is -2.04. The van der Waals surface area contributed by atoms with Crippen molar-refractivity contribution in [3.8, 4) is 0 Å². The van der Waals surface area contributed by atoms with Gasteiger partial charge in [0, 0.05) is 6.20 Å². The fourth-order valence-electron chi connectivity index (χ4n) is 1.46. The van der Waals surface area contributed by atoms with Crippen molar-refractivity contribution in [2.75, 3.05) is 11.1 Å². The molecule has 0 aliphatic heterocycles. The second-order valence-corrected chi connectivity index (χ2v) is 3.76. The molecular formula is C12H15N3O. The Hall–Kier alpha value is -1.97. The fourth-order valence-corrected chi connectivity index (χ4v) is 1.46. The summed E-state index contributed by atoms with van der Waals surface area (Å²) < 4.78 is 5.44. The molecule has 0 aliphatic rings. The Morgan fingerprint density at radius 3 is 2.81 bits per heavy atom. The van der Waals surface area contributed by atoms with Crippen LogP contribution in [-0.2, 0) is 6.54 Å². The first-order valence-corrected chi connectivity index (χ1v) is 5.17. The molecule has 4 nitrogen and oxygen atoms in total. The monoisotopic (exact) mass is 217 g/mol. The van der Waals surface area contributed by atoms with Gasteiger partial charge in [0.15, 0.2) is 0 Å². The third-order valence-corrected chi connectivity index (χ3v) is 2.43. The minimum Gasteiger partial charge on any atom is -0.465 e. The topological polar surface area (TPSA) is 64.1 Å². The van der Waals surface area contributed by atoms with E-state index in [0.29, 0.717) is 18.1 Å². The Balaban J connectivity index is 2.07. The van der Waals surface area contributed by atoms with Crippen molar-refractivity contribution in [3.63, 3.8) is 0 Å². The number of hydrogen-bond acceptors (Lipinski definition) is 4. The van der Waals surface area contributed by atoms with E-state index in [1.165, 1.54) is 0 Å². The van der Waals surface area contributed by atoms with Gasteiger partial charge in [-0.3, -0.25) is 0 Å². The van der Waals surface area contributed by atoms with E-state index in [2.05, 4.69) is 10.3 Å². The van der Waals surface area contributed by atoms with Crippen LogP contribution in [0.3, 0.4) is 0 Å². The van der Waals surface area contributed by atoms with Crippen LogP contribution in [0.2, 0.25) is 0 Å². The maximum Gasteiger partial charge on any atom is 0.149 e. The summed E-state index contributed by atoms with van der Waals surface area (Å²) in [6.07, 6.45) is 1.74. The number of nitrogens with zero attached hydrogens (tertiary/aromatic N) is 1. The molecule has 0 bridgehead atoms. The van der Waals surface area contributed by atoms with Crippen molar-refractivity contribution in [2.45, 2.75) is 20.4 Å². The zero-order valence-electron chi connectivity index (χ0n) is 9.45. The molecule has 2 heterocycles. The van der Waals surface area contributed by atoms with E-state index in [1.807, 2.05) is 32.0 Å². The lowest BCUT2D eigenvalue weighted by molar-refractivity contribution is 0.490. The number of hydrogen-bond donors (Lipinski definition) is 2. The number of pyridine rings is 1. The highest BCUT2D eigenvalue weighted by molar-refractivity contribution is 5.64. The summed E-state index contributed by atoms with van der Waals surface area (Å²) in [5.41, 5.74) is 7.60. The first-order valence-electron chi connectivity index (χ1n) is 5.17. The van der Waals surface area contributed by atoms with Crippen molar-refractivity contribution in [3.05, 3.63) is 41.5 Å². The van der Waals surface area contributed by atoms with E-state index in [4.69, 9.17) is 10.2 Å². The maximum atomic E-state index is 5.90. The smallest absolute Gasteiger partial charge is 0.149 e. The van der Waals surface area contributed by atoms with Crippen molar-refractivity contribution in [1.29, 1.82) is 0 Å². The molecule has 0 unspecified atom stereocenters. The number of nitrogens with two attached hydrogens (primary N) is 1. The van der Waals surface area contributed by atoms with Crippen LogP contribution < -0.4 is 11.1 Å². The largest absolute Gasteiger partial charge is 0.465 e. The molecule has 0 fully saturated rings. The van der Waals surface area contributed by atoms with Crippen molar-refractivity contribution in [1.82, 2.24) is 4.98 Å². The quantitative estimate of drug-likeness (QED) is 0.829. The first-order chi connectivity index (χ1) is 7.66. The van der Waals surface area contributed by atoms with Gasteiger partial charge < -0.3 is 15.5 Å². The van der Waals surface area contributed by atoms with Gasteiger partial charge in [-0.05, 0) is 37.6 Å². The molecule has 0 aromatic carbocycles. The second-order valence-electron chi connectivity index (χ2n) is 3.76. The molecule has 2 aromatic rings. The Morgan fingerprint density at radius 1 is 1.31 bits per heavy atom. The second kappa shape index (κ2) is 4.26. The van der Waals surface area contributed by atoms with Gasteiger partial charge in [0.25, 0.3) is 0 Å². The molecule has 0 saturated carbocycles. The number of aromatic nitrogens is 1. The Labute approximate surface area is 94.5 Å². The Morgan fingerprint density at radius 2 is 2.12 bits per heavy atom. The molecule has 4 heteroatoms. The van der Waals surface area contributed by atoms with E-state index in [0.717, 1.165) is 17.1 Å². The Bertz CT molecular complexity index is 491. The molecule has 2 rings (SSSR count). The summed E-state index contributed by atoms with van der Waals surface area (Å²) in [5, 5.41) is 3.15. The number of rotatable bonds is 3. The van der Waals surface area contributed by atoms with Crippen molar-refractivity contribution >= 4 is 11.5 Å². The normalized spacial score (nSPS) is 10.4. The van der Waals surface area contributed by atoms with Gasteiger partial charge in [0.2, 0.25) is 0 Å². The highest BCUT2D eigenvalue weighted by atomic mass is 16.3. The summed E-state index contributed by atoms with van der Waals surface area (Å²) in [7, 11) is 0. The third kappa shape index (κ3) is 2.16. The molecule has 0 amide bonds. The molecule has 0 atom stereocenters. The van der Waals surface area contributed by atoms with Crippen LogP contribution in [0.25, 0.3) is 0 Å². The number of nitrogens with one attached hydrogen (secondary N) is 1. The van der Waals surface area contributed by atoms with E-state index in [1.54, 1.807) is 6.20 Å². The van der Waals surface area contributed by atoms with E-state index in [9.17, 15) is 0 Å². The molecule has 3 N–H and O–H groups in total. The van der Waals surface area contributed by atoms with Crippen LogP contribution in [0.5, 0.6) is 0 Å². The molecule has 0 spiro atoms. The molecule has 84 valence electrons. The van der Waals surface area contributed by atoms with E-state index < -0.39 is 0 Å². The van der Waals surface area contributed by atoms with Gasteiger partial charge in [-0.2, -0.15) is 0 Å². The minimum atomic E-state index is 0.592. The predicted molar refractivity (Wildman–Crippen MR) is 64.2 cm³/mol. The van der Waals surface area contributed by atoms with Crippen LogP contribution in [0, 0.1) is 13.8 Å². The number of anilines is 2. The fraction of sp³-hybridized carbons (Fsp3) is 0.250. The minimum absolute atomic E-state index is 0.592. The van der Waals surface area contributed by atoms with Gasteiger partial charge in [-0.1, -0.05) is 0 Å². The summed E-state index contributed by atoms with van der Waals surface area (Å²) in [4.78, 5) is 4.18. The average molecular weight is 217 g/mol. The van der Waals surface area contributed by atoms with Gasteiger partial charge in [-0.15, -0.1) is 0 Å². The predicted octanol–water partition coefficient (Wildman–Crippen LogP) is 2.49. The van der Waals surface area contributed by atoms with E-state index >= 15 is 0 Å². The summed E-state index contributed by atoms with van der Waals surface area (Å²) in [5.74, 6) is 2.48. The number of furan rings is 1. The number of nitrogen functional groups attached to an aromatic ring is 1. The molecule has 0 saturated heterocycles. The lowest BCUT2D eigenvalue weighted by atomic mass is 10.2. The van der Waals surface area contributed by atoms with Crippen molar-refractivity contribution in [2.24, 2.45) is 0 Å². The highest BCUT2D eigenvalue weighted by Gasteiger charge is 2.04. The molecule has 0 radical (unpaired) electrons. The van der Waals surface area contributed by atoms with Crippen molar-refractivity contribution < 1.29 is 4.42 Å². The average Bonchev–Trinajstić information content (AvgIpc) is 2.67.